The monoisotopic (exact) mass is 335 g/mol. The topological polar surface area (TPSA) is 72.7 Å². The molecule has 0 saturated heterocycles. The molecular weight excluding hydrogens is 314 g/mol. The minimum Gasteiger partial charge on any atom is -0.352 e. The van der Waals surface area contributed by atoms with Gasteiger partial charge < -0.3 is 5.32 Å². The third-order valence-electron chi connectivity index (χ3n) is 3.94. The summed E-state index contributed by atoms with van der Waals surface area (Å²) in [6, 6.07) is 9.68. The zero-order chi connectivity index (χ0) is 17.6. The van der Waals surface area contributed by atoms with E-state index in [9.17, 15) is 4.79 Å². The van der Waals surface area contributed by atoms with Gasteiger partial charge in [0.2, 0.25) is 0 Å². The Labute approximate surface area is 146 Å². The molecular formula is C19H21N5O. The Morgan fingerprint density at radius 1 is 1.16 bits per heavy atom. The number of hydrogen-bond acceptors (Lipinski definition) is 4. The van der Waals surface area contributed by atoms with E-state index >= 15 is 0 Å². The summed E-state index contributed by atoms with van der Waals surface area (Å²) >= 11 is 0. The fraction of sp³-hybridized carbons (Fsp3) is 0.263. The lowest BCUT2D eigenvalue weighted by Crippen LogP contribution is -2.25. The molecule has 0 aliphatic rings. The Kier molecular flexibility index (Phi) is 5.18. The number of carbonyl (C=O) groups is 1. The molecule has 3 aromatic rings. The lowest BCUT2D eigenvalue weighted by molar-refractivity contribution is 0.0954. The maximum absolute atomic E-state index is 12.2. The molecule has 0 fully saturated rings. The second-order valence-electron chi connectivity index (χ2n) is 5.98. The second-order valence-corrected chi connectivity index (χ2v) is 5.98. The van der Waals surface area contributed by atoms with Crippen LogP contribution in [0.5, 0.6) is 0 Å². The second kappa shape index (κ2) is 7.70. The van der Waals surface area contributed by atoms with Crippen LogP contribution in [-0.4, -0.2) is 32.2 Å². The first-order valence-electron chi connectivity index (χ1n) is 8.25. The number of nitrogens with one attached hydrogen (secondary N) is 1. The van der Waals surface area contributed by atoms with Crippen LogP contribution in [0.15, 0.2) is 48.9 Å². The van der Waals surface area contributed by atoms with Gasteiger partial charge in [-0.15, -0.1) is 0 Å². The van der Waals surface area contributed by atoms with Gasteiger partial charge in [0, 0.05) is 42.8 Å². The van der Waals surface area contributed by atoms with Crippen molar-refractivity contribution >= 4 is 5.91 Å². The van der Waals surface area contributed by atoms with Crippen LogP contribution in [0.1, 0.15) is 33.0 Å². The average molecular weight is 335 g/mol. The van der Waals surface area contributed by atoms with E-state index in [4.69, 9.17) is 0 Å². The van der Waals surface area contributed by atoms with Crippen molar-refractivity contribution in [1.82, 2.24) is 25.1 Å². The zero-order valence-electron chi connectivity index (χ0n) is 14.4. The van der Waals surface area contributed by atoms with Gasteiger partial charge in [0.15, 0.2) is 0 Å². The van der Waals surface area contributed by atoms with Gasteiger partial charge in [0.1, 0.15) is 0 Å². The van der Waals surface area contributed by atoms with Crippen LogP contribution in [0.25, 0.3) is 0 Å². The highest BCUT2D eigenvalue weighted by atomic mass is 16.1. The maximum atomic E-state index is 12.2. The van der Waals surface area contributed by atoms with Gasteiger partial charge in [0.25, 0.3) is 5.91 Å². The molecule has 25 heavy (non-hydrogen) atoms. The predicted molar refractivity (Wildman–Crippen MR) is 95.3 cm³/mol. The van der Waals surface area contributed by atoms with E-state index in [1.165, 1.54) is 0 Å². The van der Waals surface area contributed by atoms with Gasteiger partial charge in [-0.1, -0.05) is 12.1 Å². The van der Waals surface area contributed by atoms with E-state index in [-0.39, 0.29) is 5.91 Å². The first-order valence-corrected chi connectivity index (χ1v) is 8.25. The summed E-state index contributed by atoms with van der Waals surface area (Å²) in [4.78, 5) is 20.4. The Bertz CT molecular complexity index is 840. The summed E-state index contributed by atoms with van der Waals surface area (Å²) in [5.74, 6) is -0.0819. The van der Waals surface area contributed by atoms with E-state index in [0.29, 0.717) is 25.1 Å². The van der Waals surface area contributed by atoms with Crippen LogP contribution in [0, 0.1) is 13.8 Å². The summed E-state index contributed by atoms with van der Waals surface area (Å²) in [6.07, 6.45) is 5.66. The van der Waals surface area contributed by atoms with Gasteiger partial charge in [0.05, 0.1) is 17.9 Å². The summed E-state index contributed by atoms with van der Waals surface area (Å²) in [5, 5.41) is 7.36. The van der Waals surface area contributed by atoms with E-state index < -0.39 is 0 Å². The molecule has 128 valence electrons. The lowest BCUT2D eigenvalue weighted by Gasteiger charge is -2.07. The molecule has 0 atom stereocenters. The number of carbonyl (C=O) groups excluding carboxylic acids is 1. The molecule has 6 heteroatoms. The highest BCUT2D eigenvalue weighted by molar-refractivity contribution is 5.94. The maximum Gasteiger partial charge on any atom is 0.251 e. The van der Waals surface area contributed by atoms with E-state index in [1.807, 2.05) is 42.8 Å². The third kappa shape index (κ3) is 4.50. The minimum atomic E-state index is -0.0819. The number of hydrogen-bond donors (Lipinski definition) is 1. The molecule has 0 spiro atoms. The Morgan fingerprint density at radius 2 is 1.96 bits per heavy atom. The van der Waals surface area contributed by atoms with Crippen molar-refractivity contribution in [3.8, 4) is 0 Å². The molecule has 6 nitrogen and oxygen atoms in total. The molecule has 2 heterocycles. The molecule has 0 unspecified atom stereocenters. The highest BCUT2D eigenvalue weighted by Gasteiger charge is 2.07. The quantitative estimate of drug-likeness (QED) is 0.750. The zero-order valence-corrected chi connectivity index (χ0v) is 14.4. The van der Waals surface area contributed by atoms with E-state index in [2.05, 4.69) is 26.4 Å². The molecule has 0 saturated carbocycles. The minimum absolute atomic E-state index is 0.0819. The van der Waals surface area contributed by atoms with E-state index in [0.717, 1.165) is 22.6 Å². The summed E-state index contributed by atoms with van der Waals surface area (Å²) in [7, 11) is 0. The lowest BCUT2D eigenvalue weighted by atomic mass is 10.1. The van der Waals surface area contributed by atoms with Crippen molar-refractivity contribution < 1.29 is 4.79 Å². The van der Waals surface area contributed by atoms with Crippen molar-refractivity contribution in [1.29, 1.82) is 0 Å². The summed E-state index contributed by atoms with van der Waals surface area (Å²) in [5.41, 5.74) is 4.77. The number of amides is 1. The van der Waals surface area contributed by atoms with Crippen LogP contribution in [-0.2, 0) is 13.0 Å². The number of benzene rings is 1. The molecule has 1 N–H and O–H groups in total. The van der Waals surface area contributed by atoms with Crippen molar-refractivity contribution in [3.05, 3.63) is 77.1 Å². The fourth-order valence-electron chi connectivity index (χ4n) is 2.63. The Hall–Kier alpha value is -3.02. The largest absolute Gasteiger partial charge is 0.352 e. The molecule has 0 radical (unpaired) electrons. The fourth-order valence-corrected chi connectivity index (χ4v) is 2.63. The first kappa shape index (κ1) is 16.8. The number of nitrogens with zero attached hydrogens (tertiary/aromatic N) is 4. The molecule has 2 aromatic heterocycles. The first-order chi connectivity index (χ1) is 12.1. The predicted octanol–water partition coefficient (Wildman–Crippen LogP) is 2.31. The Balaban J connectivity index is 1.54. The number of aryl methyl sites for hydroxylation is 2. The SMILES string of the molecule is Cc1cc(C)n(Cc2ccc(C(=O)NCCc3cnccn3)cc2)n1. The van der Waals surface area contributed by atoms with Gasteiger partial charge in [-0.25, -0.2) is 0 Å². The van der Waals surface area contributed by atoms with Crippen LogP contribution < -0.4 is 5.32 Å². The van der Waals surface area contributed by atoms with Crippen LogP contribution in [0.4, 0.5) is 0 Å². The standard InChI is InChI=1S/C19H21N5O/c1-14-11-15(2)24(23-14)13-16-3-5-17(6-4-16)19(25)22-8-7-18-12-20-9-10-21-18/h3-6,9-12H,7-8,13H2,1-2H3,(H,22,25). The van der Waals surface area contributed by atoms with Crippen molar-refractivity contribution in [2.24, 2.45) is 0 Å². The molecule has 0 bridgehead atoms. The molecule has 3 rings (SSSR count). The highest BCUT2D eigenvalue weighted by Crippen LogP contribution is 2.09. The number of aromatic nitrogens is 4. The van der Waals surface area contributed by atoms with Gasteiger partial charge in [-0.2, -0.15) is 5.10 Å². The van der Waals surface area contributed by atoms with Gasteiger partial charge >= 0.3 is 0 Å². The normalized spacial score (nSPS) is 10.6. The molecule has 1 amide bonds. The smallest absolute Gasteiger partial charge is 0.251 e. The van der Waals surface area contributed by atoms with Crippen molar-refractivity contribution in [2.45, 2.75) is 26.8 Å². The van der Waals surface area contributed by atoms with Crippen molar-refractivity contribution in [3.63, 3.8) is 0 Å². The average Bonchev–Trinajstić information content (AvgIpc) is 2.93. The number of rotatable bonds is 6. The van der Waals surface area contributed by atoms with Crippen LogP contribution in [0.3, 0.4) is 0 Å². The Morgan fingerprint density at radius 3 is 2.60 bits per heavy atom. The summed E-state index contributed by atoms with van der Waals surface area (Å²) < 4.78 is 1.96. The summed E-state index contributed by atoms with van der Waals surface area (Å²) in [6.45, 7) is 5.26. The molecule has 0 aliphatic heterocycles. The van der Waals surface area contributed by atoms with E-state index in [1.54, 1.807) is 18.6 Å². The molecule has 0 aliphatic carbocycles. The van der Waals surface area contributed by atoms with Crippen LogP contribution >= 0.6 is 0 Å². The molecule has 1 aromatic carbocycles. The van der Waals surface area contributed by atoms with Crippen LogP contribution in [0.2, 0.25) is 0 Å². The van der Waals surface area contributed by atoms with Gasteiger partial charge in [-0.05, 0) is 37.6 Å². The third-order valence-corrected chi connectivity index (χ3v) is 3.94. The van der Waals surface area contributed by atoms with Crippen molar-refractivity contribution in [2.75, 3.05) is 6.54 Å². The van der Waals surface area contributed by atoms with Gasteiger partial charge in [-0.3, -0.25) is 19.4 Å².